The van der Waals surface area contributed by atoms with Gasteiger partial charge in [0.2, 0.25) is 15.9 Å². The zero-order valence-corrected chi connectivity index (χ0v) is 21.5. The van der Waals surface area contributed by atoms with Crippen LogP contribution in [0.25, 0.3) is 11.0 Å². The van der Waals surface area contributed by atoms with Crippen LogP contribution in [-0.2, 0) is 19.6 Å². The van der Waals surface area contributed by atoms with Crippen LogP contribution in [0.1, 0.15) is 37.2 Å². The molecule has 0 bridgehead atoms. The van der Waals surface area contributed by atoms with Gasteiger partial charge in [0.05, 0.1) is 17.5 Å². The van der Waals surface area contributed by atoms with Gasteiger partial charge in [-0.05, 0) is 43.0 Å². The van der Waals surface area contributed by atoms with E-state index in [1.165, 1.54) is 21.3 Å². The summed E-state index contributed by atoms with van der Waals surface area (Å²) in [6, 6.07) is 14.5. The molecule has 1 aromatic heterocycles. The van der Waals surface area contributed by atoms with Crippen LogP contribution < -0.4 is 5.32 Å². The molecule has 0 spiro atoms. The molecule has 5 rings (SSSR count). The van der Waals surface area contributed by atoms with Gasteiger partial charge in [0.25, 0.3) is 5.91 Å². The number of sulfonamides is 1. The number of para-hydroxylation sites is 1. The molecule has 2 amide bonds. The zero-order valence-electron chi connectivity index (χ0n) is 20.7. The second kappa shape index (κ2) is 9.75. The Hall–Kier alpha value is -3.50. The Morgan fingerprint density at radius 3 is 2.49 bits per heavy atom. The van der Waals surface area contributed by atoms with Gasteiger partial charge in [-0.2, -0.15) is 4.31 Å². The first kappa shape index (κ1) is 25.2. The average molecular weight is 524 g/mol. The van der Waals surface area contributed by atoms with E-state index in [0.29, 0.717) is 18.4 Å². The molecule has 0 radical (unpaired) electrons. The number of likely N-dealkylation sites (tertiary alicyclic amines) is 1. The molecule has 2 aliphatic heterocycles. The van der Waals surface area contributed by atoms with Gasteiger partial charge in [0, 0.05) is 11.9 Å². The summed E-state index contributed by atoms with van der Waals surface area (Å²) in [7, 11) is -3.89. The van der Waals surface area contributed by atoms with Gasteiger partial charge in [-0.3, -0.25) is 14.4 Å². The molecule has 10 heteroatoms. The number of hydrogen-bond donors (Lipinski definition) is 1. The maximum absolute atomic E-state index is 13.7. The summed E-state index contributed by atoms with van der Waals surface area (Å²) < 4.78 is 33.4. The van der Waals surface area contributed by atoms with Crippen molar-refractivity contribution < 1.29 is 27.2 Å². The van der Waals surface area contributed by atoms with Crippen molar-refractivity contribution in [1.29, 1.82) is 0 Å². The number of hydrogen-bond acceptors (Lipinski definition) is 6. The van der Waals surface area contributed by atoms with E-state index in [1.54, 1.807) is 30.3 Å². The molecule has 1 N–H and O–H groups in total. The van der Waals surface area contributed by atoms with E-state index in [1.807, 2.05) is 32.0 Å². The molecule has 3 aromatic rings. The van der Waals surface area contributed by atoms with Crippen LogP contribution >= 0.6 is 0 Å². The lowest BCUT2D eigenvalue weighted by atomic mass is 10.0. The minimum Gasteiger partial charge on any atom is -0.451 e. The third-order valence-corrected chi connectivity index (χ3v) is 8.86. The summed E-state index contributed by atoms with van der Waals surface area (Å²) in [5.41, 5.74) is 0.568. The van der Waals surface area contributed by atoms with E-state index >= 15 is 0 Å². The third-order valence-electron chi connectivity index (χ3n) is 6.97. The highest BCUT2D eigenvalue weighted by atomic mass is 32.2. The molecule has 2 saturated heterocycles. The molecule has 2 aromatic carbocycles. The number of carbonyl (C=O) groups is 3. The number of carbonyl (C=O) groups excluding carboxylic acids is 3. The lowest BCUT2D eigenvalue weighted by molar-refractivity contribution is -0.138. The van der Waals surface area contributed by atoms with Crippen LogP contribution in [0.5, 0.6) is 0 Å². The summed E-state index contributed by atoms with van der Waals surface area (Å²) in [6.45, 7) is 3.83. The number of Topliss-reactive ketones (excluding diaryl/α,β-unsaturated/α-hetero) is 1. The summed E-state index contributed by atoms with van der Waals surface area (Å²) in [5.74, 6) is -1.05. The quantitative estimate of drug-likeness (QED) is 0.509. The molecule has 9 nitrogen and oxygen atoms in total. The fourth-order valence-corrected chi connectivity index (χ4v) is 6.93. The van der Waals surface area contributed by atoms with Crippen LogP contribution in [0.3, 0.4) is 0 Å². The topological polar surface area (TPSA) is 117 Å². The molecular formula is C27H29N3O6S. The minimum atomic E-state index is -3.89. The van der Waals surface area contributed by atoms with E-state index in [2.05, 4.69) is 5.32 Å². The smallest absolute Gasteiger partial charge is 0.287 e. The Labute approximate surface area is 215 Å². The number of ketones is 1. The van der Waals surface area contributed by atoms with Crippen molar-refractivity contribution in [3.8, 4) is 0 Å². The van der Waals surface area contributed by atoms with Gasteiger partial charge in [-0.1, -0.05) is 50.2 Å². The van der Waals surface area contributed by atoms with Crippen LogP contribution in [0, 0.1) is 5.92 Å². The van der Waals surface area contributed by atoms with E-state index in [4.69, 9.17) is 4.42 Å². The molecule has 3 atom stereocenters. The van der Waals surface area contributed by atoms with Gasteiger partial charge in [-0.15, -0.1) is 0 Å². The van der Waals surface area contributed by atoms with Crippen LogP contribution in [0.15, 0.2) is 70.0 Å². The first-order chi connectivity index (χ1) is 17.7. The largest absolute Gasteiger partial charge is 0.451 e. The number of furan rings is 1. The molecule has 2 fully saturated rings. The fourth-order valence-electron chi connectivity index (χ4n) is 5.28. The number of fused-ring (bicyclic) bond motifs is 2. The van der Waals surface area contributed by atoms with E-state index in [9.17, 15) is 22.8 Å². The van der Waals surface area contributed by atoms with Crippen molar-refractivity contribution in [3.63, 3.8) is 0 Å². The third kappa shape index (κ3) is 4.67. The summed E-state index contributed by atoms with van der Waals surface area (Å²) in [5, 5.41) is 3.57. The first-order valence-electron chi connectivity index (χ1n) is 12.4. The maximum atomic E-state index is 13.7. The minimum absolute atomic E-state index is 0.0811. The van der Waals surface area contributed by atoms with E-state index in [-0.39, 0.29) is 35.4 Å². The number of nitrogens with one attached hydrogen (secondary N) is 1. The molecule has 0 unspecified atom stereocenters. The monoisotopic (exact) mass is 523 g/mol. The van der Waals surface area contributed by atoms with E-state index < -0.39 is 40.0 Å². The lowest BCUT2D eigenvalue weighted by Crippen LogP contribution is -2.52. The van der Waals surface area contributed by atoms with Gasteiger partial charge in [0.1, 0.15) is 17.7 Å². The van der Waals surface area contributed by atoms with Crippen molar-refractivity contribution >= 4 is 38.6 Å². The van der Waals surface area contributed by atoms with Crippen molar-refractivity contribution in [2.24, 2.45) is 5.92 Å². The van der Waals surface area contributed by atoms with Crippen molar-refractivity contribution in [2.75, 3.05) is 13.1 Å². The van der Waals surface area contributed by atoms with E-state index in [0.717, 1.165) is 5.39 Å². The molecule has 2 aliphatic rings. The van der Waals surface area contributed by atoms with Crippen LogP contribution in [0.4, 0.5) is 0 Å². The zero-order chi connectivity index (χ0) is 26.3. The first-order valence-corrected chi connectivity index (χ1v) is 13.8. The van der Waals surface area contributed by atoms with Crippen molar-refractivity contribution in [1.82, 2.24) is 14.5 Å². The number of nitrogens with zero attached hydrogens (tertiary/aromatic N) is 2. The summed E-state index contributed by atoms with van der Waals surface area (Å²) in [6.07, 6.45) is 0.707. The summed E-state index contributed by atoms with van der Waals surface area (Å²) >= 11 is 0. The highest BCUT2D eigenvalue weighted by Gasteiger charge is 2.54. The second-order valence-electron chi connectivity index (χ2n) is 9.97. The Kier molecular flexibility index (Phi) is 6.63. The van der Waals surface area contributed by atoms with Gasteiger partial charge >= 0.3 is 0 Å². The number of benzene rings is 2. The molecule has 194 valence electrons. The Morgan fingerprint density at radius 1 is 1.08 bits per heavy atom. The Bertz CT molecular complexity index is 1420. The maximum Gasteiger partial charge on any atom is 0.287 e. The average Bonchev–Trinajstić information content (AvgIpc) is 3.58. The Morgan fingerprint density at radius 2 is 1.78 bits per heavy atom. The second-order valence-corrected chi connectivity index (χ2v) is 11.9. The normalized spacial score (nSPS) is 20.9. The molecule has 0 saturated carbocycles. The van der Waals surface area contributed by atoms with Crippen LogP contribution in [0.2, 0.25) is 0 Å². The van der Waals surface area contributed by atoms with Crippen molar-refractivity contribution in [2.45, 2.75) is 49.7 Å². The van der Waals surface area contributed by atoms with Crippen LogP contribution in [-0.4, -0.2) is 66.4 Å². The Balaban J connectivity index is 1.36. The highest BCUT2D eigenvalue weighted by molar-refractivity contribution is 7.89. The molecule has 37 heavy (non-hydrogen) atoms. The lowest BCUT2D eigenvalue weighted by Gasteiger charge is -2.29. The predicted molar refractivity (Wildman–Crippen MR) is 136 cm³/mol. The fraction of sp³-hybridized carbons (Fsp3) is 0.370. The number of rotatable bonds is 7. The van der Waals surface area contributed by atoms with Crippen molar-refractivity contribution in [3.05, 3.63) is 66.4 Å². The number of amides is 2. The molecule has 0 aliphatic carbocycles. The summed E-state index contributed by atoms with van der Waals surface area (Å²) in [4.78, 5) is 41.3. The predicted octanol–water partition coefficient (Wildman–Crippen LogP) is 2.82. The molecule has 3 heterocycles. The SMILES string of the molecule is CC(C)C[C@H](NC(=O)c1cc2ccccc2o1)C(=O)N1CC[C@@H]2[C@H]1C(=O)CN2S(=O)(=O)c1ccccc1. The molecular weight excluding hydrogens is 494 g/mol. The highest BCUT2D eigenvalue weighted by Crippen LogP contribution is 2.34. The van der Waals surface area contributed by atoms with Gasteiger partial charge < -0.3 is 14.6 Å². The van der Waals surface area contributed by atoms with Gasteiger partial charge in [0.15, 0.2) is 11.5 Å². The standard InChI is InChI=1S/C27H29N3O6S/c1-17(2)14-20(28-26(32)24-15-18-8-6-7-11-23(18)36-24)27(33)29-13-12-21-25(29)22(31)16-30(21)37(34,35)19-9-4-3-5-10-19/h3-11,15,17,20-21,25H,12-14,16H2,1-2H3,(H,28,32)/t20-,21+,25-/m0/s1. The van der Waals surface area contributed by atoms with Gasteiger partial charge in [-0.25, -0.2) is 8.42 Å².